The first-order valence-electron chi connectivity index (χ1n) is 29.8. The first-order chi connectivity index (χ1) is 37.1. The molecule has 76 heavy (non-hydrogen) atoms. The summed E-state index contributed by atoms with van der Waals surface area (Å²) in [5.41, 5.74) is 0. The van der Waals surface area contributed by atoms with Crippen molar-refractivity contribution in [1.29, 1.82) is 0 Å². The molecule has 0 aromatic rings. The Kier molecular flexibility index (Phi) is 42.9. The lowest BCUT2D eigenvalue weighted by atomic mass is 9.97. The van der Waals surface area contributed by atoms with E-state index in [2.05, 4.69) is 92.1 Å². The second-order valence-electron chi connectivity index (χ2n) is 20.7. The number of aliphatic hydroxyl groups excluding tert-OH is 8. The Morgan fingerprint density at radius 1 is 0.487 bits per heavy atom. The molecule has 14 heteroatoms. The van der Waals surface area contributed by atoms with Gasteiger partial charge < -0.3 is 65.1 Å². The van der Waals surface area contributed by atoms with Gasteiger partial charge in [-0.15, -0.1) is 0 Å². The summed E-state index contributed by atoms with van der Waals surface area (Å²) in [6.07, 6.45) is 46.4. The van der Waals surface area contributed by atoms with Crippen LogP contribution in [0.2, 0.25) is 0 Å². The summed E-state index contributed by atoms with van der Waals surface area (Å²) < 4.78 is 22.7. The first-order valence-corrected chi connectivity index (χ1v) is 29.8. The standard InChI is InChI=1S/C62H107NO13/c1-3-5-7-9-11-13-15-16-17-18-19-20-21-22-23-24-25-26-27-28-29-30-31-32-33-34-36-38-40-42-44-46-54(67)63-50(51(66)45-43-41-39-37-35-14-12-10-8-6-4-2)49-73-61-59(72)57(70)60(53(48-65)75-61)76-62-58(71)56(69)55(68)52(47-64)74-62/h5,7,11,13,16-17,19-20,22-23,35,37,43,45,50-53,55-62,64-66,68-72H,3-4,6,8-10,12,14-15,18,21,24-34,36,38-42,44,46-49H2,1-2H3,(H,63,67)/b7-5-,13-11-,17-16-,20-19-,23-22-,37-35+,45-43+. The molecule has 2 heterocycles. The van der Waals surface area contributed by atoms with E-state index >= 15 is 0 Å². The smallest absolute Gasteiger partial charge is 0.220 e. The molecule has 0 aromatic carbocycles. The number of aliphatic hydroxyl groups is 8. The maximum absolute atomic E-state index is 13.2. The Hall–Kier alpha value is -2.83. The van der Waals surface area contributed by atoms with Crippen LogP contribution in [-0.4, -0.2) is 140 Å². The molecule has 1 amide bonds. The van der Waals surface area contributed by atoms with E-state index in [1.807, 2.05) is 6.08 Å². The zero-order valence-electron chi connectivity index (χ0n) is 47.0. The van der Waals surface area contributed by atoms with Crippen LogP contribution >= 0.6 is 0 Å². The van der Waals surface area contributed by atoms with Gasteiger partial charge in [0.1, 0.15) is 48.8 Å². The maximum atomic E-state index is 13.2. The molecule has 0 saturated carbocycles. The minimum Gasteiger partial charge on any atom is -0.394 e. The van der Waals surface area contributed by atoms with Gasteiger partial charge in [0.25, 0.3) is 0 Å². The van der Waals surface area contributed by atoms with Crippen LogP contribution in [0, 0.1) is 0 Å². The number of carbonyl (C=O) groups is 1. The van der Waals surface area contributed by atoms with E-state index in [0.717, 1.165) is 64.2 Å². The number of carbonyl (C=O) groups excluding carboxylic acids is 1. The van der Waals surface area contributed by atoms with Crippen LogP contribution in [0.4, 0.5) is 0 Å². The summed E-state index contributed by atoms with van der Waals surface area (Å²) in [5.74, 6) is -0.254. The van der Waals surface area contributed by atoms with E-state index in [4.69, 9.17) is 18.9 Å². The van der Waals surface area contributed by atoms with Crippen LogP contribution < -0.4 is 5.32 Å². The highest BCUT2D eigenvalue weighted by molar-refractivity contribution is 5.76. The van der Waals surface area contributed by atoms with Crippen LogP contribution in [0.3, 0.4) is 0 Å². The van der Waals surface area contributed by atoms with E-state index in [1.54, 1.807) is 6.08 Å². The minimum absolute atomic E-state index is 0.254. The lowest BCUT2D eigenvalue weighted by molar-refractivity contribution is -0.359. The van der Waals surface area contributed by atoms with Crippen molar-refractivity contribution in [2.75, 3.05) is 19.8 Å². The van der Waals surface area contributed by atoms with Gasteiger partial charge in [-0.3, -0.25) is 4.79 Å². The van der Waals surface area contributed by atoms with Gasteiger partial charge in [-0.25, -0.2) is 0 Å². The second-order valence-corrected chi connectivity index (χ2v) is 20.7. The molecule has 0 spiro atoms. The summed E-state index contributed by atoms with van der Waals surface area (Å²) in [6.45, 7) is 2.62. The predicted molar refractivity (Wildman–Crippen MR) is 304 cm³/mol. The van der Waals surface area contributed by atoms with E-state index in [0.29, 0.717) is 12.8 Å². The Bertz CT molecular complexity index is 1600. The molecular weight excluding hydrogens is 967 g/mol. The molecule has 2 aliphatic heterocycles. The largest absolute Gasteiger partial charge is 0.394 e. The first kappa shape index (κ1) is 69.3. The maximum Gasteiger partial charge on any atom is 0.220 e. The van der Waals surface area contributed by atoms with Crippen LogP contribution in [0.15, 0.2) is 85.1 Å². The third-order valence-electron chi connectivity index (χ3n) is 14.1. The van der Waals surface area contributed by atoms with E-state index in [-0.39, 0.29) is 18.9 Å². The van der Waals surface area contributed by atoms with Crippen molar-refractivity contribution in [2.45, 2.75) is 280 Å². The van der Waals surface area contributed by atoms with Crippen molar-refractivity contribution in [3.63, 3.8) is 0 Å². The zero-order chi connectivity index (χ0) is 55.3. The second kappa shape index (κ2) is 47.0. The predicted octanol–water partition coefficient (Wildman–Crippen LogP) is 10.1. The molecule has 438 valence electrons. The zero-order valence-corrected chi connectivity index (χ0v) is 47.0. The van der Waals surface area contributed by atoms with Gasteiger partial charge in [0, 0.05) is 6.42 Å². The number of unbranched alkanes of at least 4 members (excludes halogenated alkanes) is 21. The third kappa shape index (κ3) is 32.3. The van der Waals surface area contributed by atoms with Crippen molar-refractivity contribution in [3.8, 4) is 0 Å². The number of rotatable bonds is 46. The molecular formula is C62H107NO13. The van der Waals surface area contributed by atoms with Gasteiger partial charge in [0.15, 0.2) is 12.6 Å². The van der Waals surface area contributed by atoms with Gasteiger partial charge in [-0.05, 0) is 77.0 Å². The van der Waals surface area contributed by atoms with Crippen LogP contribution in [0.1, 0.15) is 206 Å². The number of ether oxygens (including phenoxy) is 4. The SMILES string of the molecule is CC/C=C\C/C=C\C/C=C\C/C=C\C/C=C\CCCCCCCCCCCCCCCCCC(=O)NC(COC1OC(CO)C(OC2OC(CO)C(O)C(O)C2O)C(O)C1O)C(O)/C=C/CC/C=C/CCCCCCC. The van der Waals surface area contributed by atoms with E-state index in [9.17, 15) is 45.6 Å². The van der Waals surface area contributed by atoms with Crippen molar-refractivity contribution in [3.05, 3.63) is 85.1 Å². The molecule has 0 bridgehead atoms. The summed E-state index contributed by atoms with van der Waals surface area (Å²) in [5, 5.41) is 86.9. The quantitative estimate of drug-likeness (QED) is 0.0205. The Balaban J connectivity index is 1.66. The summed E-state index contributed by atoms with van der Waals surface area (Å²) in [4.78, 5) is 13.2. The number of hydrogen-bond donors (Lipinski definition) is 9. The van der Waals surface area contributed by atoms with Gasteiger partial charge in [0.2, 0.25) is 5.91 Å². The molecule has 2 rings (SSSR count). The van der Waals surface area contributed by atoms with Crippen LogP contribution in [-0.2, 0) is 23.7 Å². The number of allylic oxidation sites excluding steroid dienone is 13. The average Bonchev–Trinajstić information content (AvgIpc) is 3.42. The number of hydrogen-bond acceptors (Lipinski definition) is 13. The molecule has 14 nitrogen and oxygen atoms in total. The van der Waals surface area contributed by atoms with E-state index < -0.39 is 86.8 Å². The Morgan fingerprint density at radius 2 is 0.921 bits per heavy atom. The molecule has 2 saturated heterocycles. The van der Waals surface area contributed by atoms with Gasteiger partial charge in [-0.2, -0.15) is 0 Å². The van der Waals surface area contributed by atoms with Gasteiger partial charge >= 0.3 is 0 Å². The Labute approximate surface area is 459 Å². The molecule has 12 atom stereocenters. The highest BCUT2D eigenvalue weighted by Crippen LogP contribution is 2.30. The van der Waals surface area contributed by atoms with Crippen LogP contribution in [0.25, 0.3) is 0 Å². The average molecular weight is 1070 g/mol. The van der Waals surface area contributed by atoms with Gasteiger partial charge in [0.05, 0.1) is 32.0 Å². The Morgan fingerprint density at radius 3 is 1.45 bits per heavy atom. The molecule has 12 unspecified atom stereocenters. The molecule has 0 aromatic heterocycles. The lowest BCUT2D eigenvalue weighted by Crippen LogP contribution is -2.65. The summed E-state index contributed by atoms with van der Waals surface area (Å²) >= 11 is 0. The minimum atomic E-state index is -1.79. The van der Waals surface area contributed by atoms with Crippen molar-refractivity contribution in [2.24, 2.45) is 0 Å². The molecule has 0 radical (unpaired) electrons. The number of nitrogens with one attached hydrogen (secondary N) is 1. The van der Waals surface area contributed by atoms with Crippen LogP contribution in [0.5, 0.6) is 0 Å². The summed E-state index contributed by atoms with van der Waals surface area (Å²) in [6, 6.07) is -0.934. The molecule has 0 aliphatic carbocycles. The van der Waals surface area contributed by atoms with Crippen molar-refractivity contribution < 1.29 is 64.6 Å². The molecule has 2 aliphatic rings. The topological polar surface area (TPSA) is 228 Å². The lowest BCUT2D eigenvalue weighted by Gasteiger charge is -2.46. The van der Waals surface area contributed by atoms with Crippen molar-refractivity contribution >= 4 is 5.91 Å². The highest BCUT2D eigenvalue weighted by atomic mass is 16.7. The fourth-order valence-electron chi connectivity index (χ4n) is 9.27. The normalized spacial score (nSPS) is 25.5. The third-order valence-corrected chi connectivity index (χ3v) is 14.1. The molecule has 2 fully saturated rings. The fraction of sp³-hybridized carbons (Fsp3) is 0.758. The highest BCUT2D eigenvalue weighted by Gasteiger charge is 2.51. The fourth-order valence-corrected chi connectivity index (χ4v) is 9.27. The summed E-state index contributed by atoms with van der Waals surface area (Å²) in [7, 11) is 0. The number of amides is 1. The van der Waals surface area contributed by atoms with Gasteiger partial charge in [-0.1, -0.05) is 208 Å². The monoisotopic (exact) mass is 1070 g/mol. The van der Waals surface area contributed by atoms with Crippen molar-refractivity contribution in [1.82, 2.24) is 5.32 Å². The van der Waals surface area contributed by atoms with E-state index in [1.165, 1.54) is 109 Å². The molecule has 9 N–H and O–H groups in total.